The molecule has 0 aliphatic heterocycles. The monoisotopic (exact) mass is 436 g/mol. The number of hydrogen-bond donors (Lipinski definition) is 4. The van der Waals surface area contributed by atoms with Crippen molar-refractivity contribution < 1.29 is 27.8 Å². The zero-order valence-corrected chi connectivity index (χ0v) is 16.4. The van der Waals surface area contributed by atoms with Crippen molar-refractivity contribution in [2.75, 3.05) is 23.7 Å². The van der Waals surface area contributed by atoms with Crippen LogP contribution < -0.4 is 10.6 Å². The van der Waals surface area contributed by atoms with Crippen LogP contribution in [0.5, 0.6) is 0 Å². The van der Waals surface area contributed by atoms with Gasteiger partial charge in [-0.25, -0.2) is 22.5 Å². The summed E-state index contributed by atoms with van der Waals surface area (Å²) in [5.41, 5.74) is -0.363. The lowest BCUT2D eigenvalue weighted by Gasteiger charge is -2.17. The van der Waals surface area contributed by atoms with Crippen LogP contribution in [0.3, 0.4) is 0 Å². The Morgan fingerprint density at radius 2 is 1.26 bits per heavy atom. The summed E-state index contributed by atoms with van der Waals surface area (Å²) >= 11 is 0. The molecule has 0 bridgehead atoms. The summed E-state index contributed by atoms with van der Waals surface area (Å²) in [5.74, 6) is -3.20. The largest absolute Gasteiger partial charge is 0.386 e. The van der Waals surface area contributed by atoms with Crippen LogP contribution in [-0.2, 0) is 0 Å². The van der Waals surface area contributed by atoms with E-state index in [4.69, 9.17) is 0 Å². The molecule has 0 amide bonds. The van der Waals surface area contributed by atoms with Gasteiger partial charge in [0, 0.05) is 24.8 Å². The van der Waals surface area contributed by atoms with E-state index < -0.39 is 46.6 Å². The lowest BCUT2D eigenvalue weighted by Crippen LogP contribution is -2.19. The van der Waals surface area contributed by atoms with Gasteiger partial charge < -0.3 is 20.8 Å². The molecule has 0 aliphatic carbocycles. The van der Waals surface area contributed by atoms with Gasteiger partial charge >= 0.3 is 0 Å². The number of aryl methyl sites for hydroxylation is 1. The summed E-state index contributed by atoms with van der Waals surface area (Å²) in [6, 6.07) is 6.55. The van der Waals surface area contributed by atoms with Gasteiger partial charge in [-0.1, -0.05) is 12.1 Å². The first-order chi connectivity index (χ1) is 14.8. The zero-order valence-electron chi connectivity index (χ0n) is 16.4. The van der Waals surface area contributed by atoms with E-state index in [0.717, 1.165) is 24.3 Å². The predicted molar refractivity (Wildman–Crippen MR) is 106 cm³/mol. The van der Waals surface area contributed by atoms with Crippen LogP contribution in [0, 0.1) is 30.2 Å². The normalized spacial score (nSPS) is 13.0. The molecule has 0 aliphatic rings. The molecule has 6 nitrogen and oxygen atoms in total. The summed E-state index contributed by atoms with van der Waals surface area (Å²) in [6.45, 7) is 1.16. The van der Waals surface area contributed by atoms with Crippen LogP contribution in [0.15, 0.2) is 42.6 Å². The van der Waals surface area contributed by atoms with Crippen molar-refractivity contribution in [3.63, 3.8) is 0 Å². The standard InChI is InChI=1S/C21H20F4N4O2/c1-11-8-27-21(28-10-17(31)19-14(24)6-3-7-15(19)25)29-20(11)26-9-16(30)18-12(22)4-2-5-13(18)23/h2-8,16-17,30-31H,9-10H2,1H3,(H2,26,27,28,29). The van der Waals surface area contributed by atoms with E-state index in [1.807, 2.05) is 0 Å². The minimum absolute atomic E-state index is 0.0375. The summed E-state index contributed by atoms with van der Waals surface area (Å²) in [7, 11) is 0. The molecule has 0 radical (unpaired) electrons. The van der Waals surface area contributed by atoms with Crippen LogP contribution in [0.25, 0.3) is 0 Å². The van der Waals surface area contributed by atoms with Gasteiger partial charge in [-0.2, -0.15) is 4.98 Å². The number of nitrogens with zero attached hydrogens (tertiary/aromatic N) is 2. The van der Waals surface area contributed by atoms with Crippen molar-refractivity contribution in [1.82, 2.24) is 9.97 Å². The number of hydrogen-bond acceptors (Lipinski definition) is 6. The molecule has 2 aromatic carbocycles. The van der Waals surface area contributed by atoms with Crippen LogP contribution >= 0.6 is 0 Å². The summed E-state index contributed by atoms with van der Waals surface area (Å²) in [4.78, 5) is 8.18. The molecule has 0 fully saturated rings. The topological polar surface area (TPSA) is 90.3 Å². The molecule has 1 aromatic heterocycles. The Balaban J connectivity index is 1.66. The van der Waals surface area contributed by atoms with E-state index >= 15 is 0 Å². The molecule has 164 valence electrons. The number of aliphatic hydroxyl groups is 2. The highest BCUT2D eigenvalue weighted by Crippen LogP contribution is 2.23. The predicted octanol–water partition coefficient (Wildman–Crippen LogP) is 3.63. The third-order valence-electron chi connectivity index (χ3n) is 4.55. The third kappa shape index (κ3) is 5.28. The molecule has 1 heterocycles. The first kappa shape index (κ1) is 22.4. The molecule has 2 atom stereocenters. The Hall–Kier alpha value is -3.24. The second-order valence-corrected chi connectivity index (χ2v) is 6.79. The van der Waals surface area contributed by atoms with Crippen molar-refractivity contribution in [1.29, 1.82) is 0 Å². The van der Waals surface area contributed by atoms with Crippen LogP contribution in [-0.4, -0.2) is 33.3 Å². The maximum absolute atomic E-state index is 13.8. The number of anilines is 2. The highest BCUT2D eigenvalue weighted by Gasteiger charge is 2.19. The van der Waals surface area contributed by atoms with Gasteiger partial charge in [0.05, 0.1) is 11.1 Å². The Morgan fingerprint density at radius 1 is 0.806 bits per heavy atom. The van der Waals surface area contributed by atoms with Gasteiger partial charge in [0.1, 0.15) is 41.3 Å². The summed E-state index contributed by atoms with van der Waals surface area (Å²) in [5, 5.41) is 25.7. The molecular weight excluding hydrogens is 416 g/mol. The summed E-state index contributed by atoms with van der Waals surface area (Å²) < 4.78 is 55.1. The highest BCUT2D eigenvalue weighted by molar-refractivity contribution is 5.47. The Bertz CT molecular complexity index is 1030. The molecule has 31 heavy (non-hydrogen) atoms. The second-order valence-electron chi connectivity index (χ2n) is 6.79. The molecule has 3 aromatic rings. The number of aliphatic hydroxyl groups excluding tert-OH is 2. The van der Waals surface area contributed by atoms with Crippen molar-refractivity contribution >= 4 is 11.8 Å². The fraction of sp³-hybridized carbons (Fsp3) is 0.238. The van der Waals surface area contributed by atoms with Gasteiger partial charge in [0.2, 0.25) is 5.95 Å². The number of benzene rings is 2. The fourth-order valence-electron chi connectivity index (χ4n) is 2.95. The van der Waals surface area contributed by atoms with E-state index in [1.165, 1.54) is 18.3 Å². The maximum atomic E-state index is 13.8. The molecule has 3 rings (SSSR count). The lowest BCUT2D eigenvalue weighted by molar-refractivity contribution is 0.181. The average Bonchev–Trinajstić information content (AvgIpc) is 2.72. The first-order valence-corrected chi connectivity index (χ1v) is 9.33. The quantitative estimate of drug-likeness (QED) is 0.403. The molecule has 0 saturated heterocycles. The Morgan fingerprint density at radius 3 is 1.74 bits per heavy atom. The summed E-state index contributed by atoms with van der Waals surface area (Å²) in [6.07, 6.45) is -1.53. The van der Waals surface area contributed by atoms with Crippen LogP contribution in [0.4, 0.5) is 29.3 Å². The number of nitrogens with one attached hydrogen (secondary N) is 2. The van der Waals surface area contributed by atoms with E-state index in [9.17, 15) is 27.8 Å². The van der Waals surface area contributed by atoms with E-state index in [-0.39, 0.29) is 24.9 Å². The first-order valence-electron chi connectivity index (χ1n) is 9.33. The number of aromatic nitrogens is 2. The fourth-order valence-corrected chi connectivity index (χ4v) is 2.95. The lowest BCUT2D eigenvalue weighted by atomic mass is 10.1. The van der Waals surface area contributed by atoms with E-state index in [2.05, 4.69) is 20.6 Å². The SMILES string of the molecule is Cc1cnc(NCC(O)c2c(F)cccc2F)nc1NCC(O)c1c(F)cccc1F. The average molecular weight is 436 g/mol. The number of halogens is 4. The second kappa shape index (κ2) is 9.71. The zero-order chi connectivity index (χ0) is 22.5. The van der Waals surface area contributed by atoms with Gasteiger partial charge in [0.25, 0.3) is 0 Å². The van der Waals surface area contributed by atoms with E-state index in [1.54, 1.807) is 6.92 Å². The smallest absolute Gasteiger partial charge is 0.224 e. The van der Waals surface area contributed by atoms with Crippen molar-refractivity contribution in [3.8, 4) is 0 Å². The van der Waals surface area contributed by atoms with Gasteiger partial charge in [-0.3, -0.25) is 0 Å². The van der Waals surface area contributed by atoms with Crippen molar-refractivity contribution in [2.45, 2.75) is 19.1 Å². The van der Waals surface area contributed by atoms with Gasteiger partial charge in [-0.05, 0) is 31.2 Å². The maximum Gasteiger partial charge on any atom is 0.224 e. The van der Waals surface area contributed by atoms with Crippen molar-refractivity contribution in [3.05, 3.63) is 82.6 Å². The van der Waals surface area contributed by atoms with Gasteiger partial charge in [-0.15, -0.1) is 0 Å². The minimum atomic E-state index is -1.49. The Kier molecular flexibility index (Phi) is 7.03. The molecule has 2 unspecified atom stereocenters. The van der Waals surface area contributed by atoms with Crippen molar-refractivity contribution in [2.24, 2.45) is 0 Å². The minimum Gasteiger partial charge on any atom is -0.386 e. The Labute approximate surface area is 175 Å². The molecule has 0 saturated carbocycles. The molecule has 10 heteroatoms. The van der Waals surface area contributed by atoms with Gasteiger partial charge in [0.15, 0.2) is 0 Å². The highest BCUT2D eigenvalue weighted by atomic mass is 19.1. The van der Waals surface area contributed by atoms with Crippen LogP contribution in [0.1, 0.15) is 28.9 Å². The third-order valence-corrected chi connectivity index (χ3v) is 4.55. The van der Waals surface area contributed by atoms with Crippen LogP contribution in [0.2, 0.25) is 0 Å². The molecule has 0 spiro atoms. The molecule has 4 N–H and O–H groups in total. The molecular formula is C21H20F4N4O2. The van der Waals surface area contributed by atoms with E-state index in [0.29, 0.717) is 5.56 Å². The number of rotatable bonds is 8.